The molecule has 0 saturated heterocycles. The summed E-state index contributed by atoms with van der Waals surface area (Å²) >= 11 is 0. The number of carbonyl (C=O) groups is 1. The number of nitrogens with zero attached hydrogens (tertiary/aromatic N) is 3. The maximum Gasteiger partial charge on any atom is 0.241 e. The van der Waals surface area contributed by atoms with Crippen LogP contribution < -0.4 is 11.1 Å². The second-order valence-corrected chi connectivity index (χ2v) is 3.81. The van der Waals surface area contributed by atoms with E-state index in [1.165, 1.54) is 4.90 Å². The Morgan fingerprint density at radius 1 is 1.56 bits per heavy atom. The maximum atomic E-state index is 11.4. The van der Waals surface area contributed by atoms with E-state index in [1.54, 1.807) is 18.8 Å². The van der Waals surface area contributed by atoms with Gasteiger partial charge in [0.1, 0.15) is 5.82 Å². The fourth-order valence-corrected chi connectivity index (χ4v) is 1.33. The third-order valence-corrected chi connectivity index (χ3v) is 2.38. The SMILES string of the molecule is CCn1nc(C)c(N)c1NCC(=O)N(C)C. The summed E-state index contributed by atoms with van der Waals surface area (Å²) in [5, 5.41) is 7.27. The van der Waals surface area contributed by atoms with E-state index in [1.807, 2.05) is 13.8 Å². The molecule has 16 heavy (non-hydrogen) atoms. The van der Waals surface area contributed by atoms with Gasteiger partial charge in [-0.25, -0.2) is 4.68 Å². The fraction of sp³-hybridized carbons (Fsp3) is 0.600. The summed E-state index contributed by atoms with van der Waals surface area (Å²) in [6, 6.07) is 0. The van der Waals surface area contributed by atoms with E-state index >= 15 is 0 Å². The van der Waals surface area contributed by atoms with E-state index in [9.17, 15) is 4.79 Å². The van der Waals surface area contributed by atoms with Gasteiger partial charge in [0.15, 0.2) is 0 Å². The van der Waals surface area contributed by atoms with Crippen LogP contribution in [0.2, 0.25) is 0 Å². The van der Waals surface area contributed by atoms with E-state index in [-0.39, 0.29) is 12.5 Å². The highest BCUT2D eigenvalue weighted by molar-refractivity contribution is 5.81. The van der Waals surface area contributed by atoms with Crippen LogP contribution in [-0.2, 0) is 11.3 Å². The predicted octanol–water partition coefficient (Wildman–Crippen LogP) is 0.294. The molecule has 0 fully saturated rings. The van der Waals surface area contributed by atoms with Crippen molar-refractivity contribution in [2.24, 2.45) is 0 Å². The average Bonchev–Trinajstić information content (AvgIpc) is 2.51. The molecular formula is C10H19N5O. The van der Waals surface area contributed by atoms with Crippen LogP contribution in [0.25, 0.3) is 0 Å². The lowest BCUT2D eigenvalue weighted by molar-refractivity contribution is -0.126. The van der Waals surface area contributed by atoms with Gasteiger partial charge in [-0.3, -0.25) is 4.79 Å². The van der Waals surface area contributed by atoms with Crippen LogP contribution in [0.15, 0.2) is 0 Å². The van der Waals surface area contributed by atoms with Crippen LogP contribution in [-0.4, -0.2) is 41.2 Å². The number of rotatable bonds is 4. The molecule has 1 amide bonds. The molecule has 1 rings (SSSR count). The Bertz CT molecular complexity index is 383. The van der Waals surface area contributed by atoms with Gasteiger partial charge in [-0.1, -0.05) is 0 Å². The molecule has 0 saturated carbocycles. The lowest BCUT2D eigenvalue weighted by Crippen LogP contribution is -2.29. The number of aryl methyl sites for hydroxylation is 2. The number of likely N-dealkylation sites (N-methyl/N-ethyl adjacent to an activating group) is 1. The molecule has 0 aromatic carbocycles. The Morgan fingerprint density at radius 3 is 2.69 bits per heavy atom. The topological polar surface area (TPSA) is 76.2 Å². The molecule has 0 bridgehead atoms. The molecule has 0 atom stereocenters. The number of nitrogens with one attached hydrogen (secondary N) is 1. The van der Waals surface area contributed by atoms with Gasteiger partial charge in [0, 0.05) is 20.6 Å². The molecule has 0 aliphatic heterocycles. The van der Waals surface area contributed by atoms with Crippen molar-refractivity contribution in [2.45, 2.75) is 20.4 Å². The first-order valence-electron chi connectivity index (χ1n) is 5.24. The minimum Gasteiger partial charge on any atom is -0.394 e. The molecule has 6 heteroatoms. The molecule has 0 aliphatic carbocycles. The molecule has 0 aliphatic rings. The van der Waals surface area contributed by atoms with Crippen LogP contribution in [0.5, 0.6) is 0 Å². The number of hydrogen-bond donors (Lipinski definition) is 2. The molecule has 0 unspecified atom stereocenters. The second kappa shape index (κ2) is 4.87. The Hall–Kier alpha value is -1.72. The van der Waals surface area contributed by atoms with Gasteiger partial charge in [-0.15, -0.1) is 0 Å². The number of nitrogens with two attached hydrogens (primary N) is 1. The quantitative estimate of drug-likeness (QED) is 0.772. The lowest BCUT2D eigenvalue weighted by Gasteiger charge is -2.12. The van der Waals surface area contributed by atoms with Gasteiger partial charge in [-0.2, -0.15) is 5.10 Å². The van der Waals surface area contributed by atoms with Crippen molar-refractivity contribution < 1.29 is 4.79 Å². The Balaban J connectivity index is 2.77. The Morgan fingerprint density at radius 2 is 2.19 bits per heavy atom. The first-order chi connectivity index (χ1) is 7.47. The minimum atomic E-state index is 0.000839. The monoisotopic (exact) mass is 225 g/mol. The minimum absolute atomic E-state index is 0.000839. The standard InChI is InChI=1S/C10H19N5O/c1-5-15-10(9(11)7(2)13-15)12-6-8(16)14(3)4/h12H,5-6,11H2,1-4H3. The Kier molecular flexibility index (Phi) is 3.76. The lowest BCUT2D eigenvalue weighted by atomic mass is 10.4. The van der Waals surface area contributed by atoms with Crippen LogP contribution in [0.3, 0.4) is 0 Å². The van der Waals surface area contributed by atoms with Gasteiger partial charge in [0.25, 0.3) is 0 Å². The van der Waals surface area contributed by atoms with Crippen LogP contribution >= 0.6 is 0 Å². The third-order valence-electron chi connectivity index (χ3n) is 2.38. The normalized spacial score (nSPS) is 10.2. The van der Waals surface area contributed by atoms with Crippen molar-refractivity contribution in [1.82, 2.24) is 14.7 Å². The highest BCUT2D eigenvalue weighted by Crippen LogP contribution is 2.21. The summed E-state index contributed by atoms with van der Waals surface area (Å²) in [4.78, 5) is 13.0. The Labute approximate surface area is 95.4 Å². The smallest absolute Gasteiger partial charge is 0.241 e. The first-order valence-corrected chi connectivity index (χ1v) is 5.24. The van der Waals surface area contributed by atoms with E-state index in [2.05, 4.69) is 10.4 Å². The van der Waals surface area contributed by atoms with Crippen LogP contribution in [0.4, 0.5) is 11.5 Å². The zero-order chi connectivity index (χ0) is 12.3. The maximum absolute atomic E-state index is 11.4. The van der Waals surface area contributed by atoms with E-state index < -0.39 is 0 Å². The first kappa shape index (κ1) is 12.4. The van der Waals surface area contributed by atoms with Gasteiger partial charge in [0.2, 0.25) is 5.91 Å². The van der Waals surface area contributed by atoms with E-state index in [0.29, 0.717) is 5.69 Å². The summed E-state index contributed by atoms with van der Waals surface area (Å²) in [5.74, 6) is 0.719. The molecule has 0 radical (unpaired) electrons. The van der Waals surface area contributed by atoms with Gasteiger partial charge >= 0.3 is 0 Å². The highest BCUT2D eigenvalue weighted by Gasteiger charge is 2.12. The summed E-state index contributed by atoms with van der Waals surface area (Å²) in [5.41, 5.74) is 7.25. The molecule has 90 valence electrons. The molecule has 1 aromatic heterocycles. The van der Waals surface area contributed by atoms with Crippen LogP contribution in [0, 0.1) is 6.92 Å². The summed E-state index contributed by atoms with van der Waals surface area (Å²) in [7, 11) is 3.44. The largest absolute Gasteiger partial charge is 0.394 e. The number of aromatic nitrogens is 2. The van der Waals surface area contributed by atoms with Crippen molar-refractivity contribution in [2.75, 3.05) is 31.7 Å². The van der Waals surface area contributed by atoms with Crippen molar-refractivity contribution in [3.05, 3.63) is 5.69 Å². The highest BCUT2D eigenvalue weighted by atomic mass is 16.2. The molecule has 6 nitrogen and oxygen atoms in total. The van der Waals surface area contributed by atoms with Gasteiger partial charge < -0.3 is 16.0 Å². The fourth-order valence-electron chi connectivity index (χ4n) is 1.33. The molecule has 1 heterocycles. The zero-order valence-corrected chi connectivity index (χ0v) is 10.2. The summed E-state index contributed by atoms with van der Waals surface area (Å²) < 4.78 is 1.76. The number of nitrogen functional groups attached to an aromatic ring is 1. The van der Waals surface area contributed by atoms with Crippen molar-refractivity contribution in [3.8, 4) is 0 Å². The van der Waals surface area contributed by atoms with Crippen LogP contribution in [0.1, 0.15) is 12.6 Å². The third kappa shape index (κ3) is 2.44. The van der Waals surface area contributed by atoms with Gasteiger partial charge in [-0.05, 0) is 13.8 Å². The van der Waals surface area contributed by atoms with Gasteiger partial charge in [0.05, 0.1) is 17.9 Å². The van der Waals surface area contributed by atoms with E-state index in [0.717, 1.165) is 18.1 Å². The van der Waals surface area contributed by atoms with Crippen molar-refractivity contribution >= 4 is 17.4 Å². The van der Waals surface area contributed by atoms with E-state index in [4.69, 9.17) is 5.73 Å². The van der Waals surface area contributed by atoms with Crippen molar-refractivity contribution in [1.29, 1.82) is 0 Å². The predicted molar refractivity (Wildman–Crippen MR) is 64.2 cm³/mol. The molecule has 1 aromatic rings. The number of anilines is 2. The number of carbonyl (C=O) groups excluding carboxylic acids is 1. The average molecular weight is 225 g/mol. The summed E-state index contributed by atoms with van der Waals surface area (Å²) in [6.45, 7) is 4.77. The molecule has 0 spiro atoms. The number of hydrogen-bond acceptors (Lipinski definition) is 4. The second-order valence-electron chi connectivity index (χ2n) is 3.81. The summed E-state index contributed by atoms with van der Waals surface area (Å²) in [6.07, 6.45) is 0. The molecule has 3 N–H and O–H groups in total. The molecular weight excluding hydrogens is 206 g/mol. The zero-order valence-electron chi connectivity index (χ0n) is 10.2. The number of amides is 1. The van der Waals surface area contributed by atoms with Crippen molar-refractivity contribution in [3.63, 3.8) is 0 Å².